The summed E-state index contributed by atoms with van der Waals surface area (Å²) in [5.41, 5.74) is 0.838. The van der Waals surface area contributed by atoms with Gasteiger partial charge in [0.2, 0.25) is 15.9 Å². The Morgan fingerprint density at radius 2 is 1.61 bits per heavy atom. The Morgan fingerprint density at radius 1 is 0.968 bits per heavy atom. The first-order valence-corrected chi connectivity index (χ1v) is 11.5. The van der Waals surface area contributed by atoms with Gasteiger partial charge >= 0.3 is 0 Å². The van der Waals surface area contributed by atoms with E-state index in [1.165, 1.54) is 19.2 Å². The highest BCUT2D eigenvalue weighted by Gasteiger charge is 2.27. The summed E-state index contributed by atoms with van der Waals surface area (Å²) in [5, 5.41) is 0. The molecule has 1 fully saturated rings. The fourth-order valence-electron chi connectivity index (χ4n) is 3.57. The Kier molecular flexibility index (Phi) is 7.40. The van der Waals surface area contributed by atoms with Gasteiger partial charge in [0, 0.05) is 19.1 Å². The van der Waals surface area contributed by atoms with E-state index in [1.54, 1.807) is 43.4 Å². The summed E-state index contributed by atoms with van der Waals surface area (Å²) in [4.78, 5) is 14.7. The second-order valence-corrected chi connectivity index (χ2v) is 9.03. The SMILES string of the molecule is COc1ccc(S(=O)(=O)NC2CCN(C(=O)Cc3ccc(OC)c(OC)c3)CC2)cc1. The smallest absolute Gasteiger partial charge is 0.240 e. The molecule has 1 saturated heterocycles. The number of likely N-dealkylation sites (tertiary alicyclic amines) is 1. The molecule has 0 atom stereocenters. The van der Waals surface area contributed by atoms with Crippen molar-refractivity contribution in [3.8, 4) is 17.2 Å². The molecule has 0 aromatic heterocycles. The molecule has 1 aliphatic heterocycles. The maximum absolute atomic E-state index is 12.7. The third-order valence-corrected chi connectivity index (χ3v) is 6.88. The molecular weight excluding hydrogens is 420 g/mol. The van der Waals surface area contributed by atoms with Crippen LogP contribution in [0.25, 0.3) is 0 Å². The minimum Gasteiger partial charge on any atom is -0.497 e. The van der Waals surface area contributed by atoms with Crippen LogP contribution in [0, 0.1) is 0 Å². The number of sulfonamides is 1. The van der Waals surface area contributed by atoms with E-state index >= 15 is 0 Å². The fourth-order valence-corrected chi connectivity index (χ4v) is 4.87. The zero-order valence-electron chi connectivity index (χ0n) is 18.0. The maximum atomic E-state index is 12.7. The lowest BCUT2D eigenvalue weighted by Crippen LogP contribution is -2.46. The predicted octanol–water partition coefficient (Wildman–Crippen LogP) is 2.22. The maximum Gasteiger partial charge on any atom is 0.240 e. The molecule has 2 aromatic rings. The van der Waals surface area contributed by atoms with E-state index in [2.05, 4.69) is 4.72 Å². The van der Waals surface area contributed by atoms with Crippen LogP contribution in [0.15, 0.2) is 47.4 Å². The van der Waals surface area contributed by atoms with Gasteiger partial charge < -0.3 is 19.1 Å². The number of carbonyl (C=O) groups is 1. The molecule has 0 bridgehead atoms. The van der Waals surface area contributed by atoms with Crippen molar-refractivity contribution in [2.75, 3.05) is 34.4 Å². The third-order valence-electron chi connectivity index (χ3n) is 5.34. The number of ether oxygens (including phenoxy) is 3. The Hall–Kier alpha value is -2.78. The van der Waals surface area contributed by atoms with Crippen LogP contribution in [0.2, 0.25) is 0 Å². The second kappa shape index (κ2) is 10.0. The largest absolute Gasteiger partial charge is 0.497 e. The van der Waals surface area contributed by atoms with Crippen molar-refractivity contribution in [2.24, 2.45) is 0 Å². The van der Waals surface area contributed by atoms with Crippen LogP contribution in [0.5, 0.6) is 17.2 Å². The molecule has 168 valence electrons. The lowest BCUT2D eigenvalue weighted by molar-refractivity contribution is -0.131. The summed E-state index contributed by atoms with van der Waals surface area (Å²) in [6, 6.07) is 11.5. The van der Waals surface area contributed by atoms with Crippen molar-refractivity contribution < 1.29 is 27.4 Å². The first-order valence-electron chi connectivity index (χ1n) is 10.0. The molecule has 0 unspecified atom stereocenters. The molecule has 8 nitrogen and oxygen atoms in total. The van der Waals surface area contributed by atoms with Crippen molar-refractivity contribution in [2.45, 2.75) is 30.2 Å². The summed E-state index contributed by atoms with van der Waals surface area (Å²) in [6.45, 7) is 1.00. The molecule has 0 saturated carbocycles. The standard InChI is InChI=1S/C22H28N2O6S/c1-28-18-5-7-19(8-6-18)31(26,27)23-17-10-12-24(13-11-17)22(25)15-16-4-9-20(29-2)21(14-16)30-3/h4-9,14,17,23H,10-13,15H2,1-3H3. The number of methoxy groups -OCH3 is 3. The fraction of sp³-hybridized carbons (Fsp3) is 0.409. The van der Waals surface area contributed by atoms with E-state index in [9.17, 15) is 13.2 Å². The number of benzene rings is 2. The number of amides is 1. The van der Waals surface area contributed by atoms with E-state index in [0.29, 0.717) is 43.2 Å². The highest BCUT2D eigenvalue weighted by atomic mass is 32.2. The minimum absolute atomic E-state index is 0.00341. The average Bonchev–Trinajstić information content (AvgIpc) is 2.79. The second-order valence-electron chi connectivity index (χ2n) is 7.32. The number of nitrogens with zero attached hydrogens (tertiary/aromatic N) is 1. The molecule has 3 rings (SSSR count). The summed E-state index contributed by atoms with van der Waals surface area (Å²) in [7, 11) is 1.03. The van der Waals surface area contributed by atoms with Crippen molar-refractivity contribution in [3.05, 3.63) is 48.0 Å². The Morgan fingerprint density at radius 3 is 2.19 bits per heavy atom. The molecule has 1 amide bonds. The number of nitrogens with one attached hydrogen (secondary N) is 1. The Balaban J connectivity index is 1.54. The van der Waals surface area contributed by atoms with E-state index in [0.717, 1.165) is 5.56 Å². The van der Waals surface area contributed by atoms with E-state index in [1.807, 2.05) is 6.07 Å². The number of piperidine rings is 1. The van der Waals surface area contributed by atoms with Gasteiger partial charge in [-0.2, -0.15) is 0 Å². The minimum atomic E-state index is -3.62. The normalized spacial score (nSPS) is 14.9. The van der Waals surface area contributed by atoms with Crippen LogP contribution in [-0.4, -0.2) is 59.7 Å². The zero-order valence-corrected chi connectivity index (χ0v) is 18.8. The Labute approximate surface area is 183 Å². The van der Waals surface area contributed by atoms with Crippen LogP contribution in [0.4, 0.5) is 0 Å². The van der Waals surface area contributed by atoms with Crippen molar-refractivity contribution >= 4 is 15.9 Å². The monoisotopic (exact) mass is 448 g/mol. The summed E-state index contributed by atoms with van der Waals surface area (Å²) >= 11 is 0. The molecule has 31 heavy (non-hydrogen) atoms. The lowest BCUT2D eigenvalue weighted by atomic mass is 10.0. The molecular formula is C22H28N2O6S. The molecule has 2 aromatic carbocycles. The molecule has 9 heteroatoms. The first kappa shape index (κ1) is 22.9. The van der Waals surface area contributed by atoms with E-state index in [4.69, 9.17) is 14.2 Å². The lowest BCUT2D eigenvalue weighted by Gasteiger charge is -2.32. The summed E-state index contributed by atoms with van der Waals surface area (Å²) < 4.78 is 43.6. The molecule has 1 heterocycles. The average molecular weight is 449 g/mol. The van der Waals surface area contributed by atoms with Gasteiger partial charge in [0.05, 0.1) is 32.6 Å². The highest BCUT2D eigenvalue weighted by Crippen LogP contribution is 2.28. The predicted molar refractivity (Wildman–Crippen MR) is 116 cm³/mol. The van der Waals surface area contributed by atoms with Gasteiger partial charge in [-0.1, -0.05) is 6.07 Å². The van der Waals surface area contributed by atoms with Gasteiger partial charge in [0.25, 0.3) is 0 Å². The van der Waals surface area contributed by atoms with Crippen LogP contribution in [-0.2, 0) is 21.2 Å². The van der Waals surface area contributed by atoms with E-state index in [-0.39, 0.29) is 23.3 Å². The van der Waals surface area contributed by atoms with Gasteiger partial charge in [0.1, 0.15) is 5.75 Å². The Bertz CT molecular complexity index is 999. The molecule has 0 spiro atoms. The summed E-state index contributed by atoms with van der Waals surface area (Å²) in [5.74, 6) is 1.80. The van der Waals surface area contributed by atoms with Crippen molar-refractivity contribution in [1.82, 2.24) is 9.62 Å². The van der Waals surface area contributed by atoms with Crippen LogP contribution >= 0.6 is 0 Å². The van der Waals surface area contributed by atoms with Gasteiger partial charge in [-0.3, -0.25) is 4.79 Å². The zero-order chi connectivity index (χ0) is 22.4. The van der Waals surface area contributed by atoms with Crippen LogP contribution in [0.1, 0.15) is 18.4 Å². The number of hydrogen-bond donors (Lipinski definition) is 1. The topological polar surface area (TPSA) is 94.2 Å². The summed E-state index contributed by atoms with van der Waals surface area (Å²) in [6.07, 6.45) is 1.38. The van der Waals surface area contributed by atoms with Crippen LogP contribution < -0.4 is 18.9 Å². The number of hydrogen-bond acceptors (Lipinski definition) is 6. The quantitative estimate of drug-likeness (QED) is 0.666. The van der Waals surface area contributed by atoms with E-state index < -0.39 is 10.0 Å². The number of carbonyl (C=O) groups excluding carboxylic acids is 1. The highest BCUT2D eigenvalue weighted by molar-refractivity contribution is 7.89. The van der Waals surface area contributed by atoms with Gasteiger partial charge in [0.15, 0.2) is 11.5 Å². The van der Waals surface area contributed by atoms with Gasteiger partial charge in [-0.05, 0) is 54.8 Å². The molecule has 1 N–H and O–H groups in total. The molecule has 0 radical (unpaired) electrons. The third kappa shape index (κ3) is 5.68. The molecule has 1 aliphatic rings. The number of rotatable bonds is 8. The van der Waals surface area contributed by atoms with Gasteiger partial charge in [-0.25, -0.2) is 13.1 Å². The van der Waals surface area contributed by atoms with Crippen molar-refractivity contribution in [3.63, 3.8) is 0 Å². The van der Waals surface area contributed by atoms with Crippen molar-refractivity contribution in [1.29, 1.82) is 0 Å². The van der Waals surface area contributed by atoms with Crippen LogP contribution in [0.3, 0.4) is 0 Å². The van der Waals surface area contributed by atoms with Gasteiger partial charge in [-0.15, -0.1) is 0 Å². The molecule has 0 aliphatic carbocycles. The first-order chi connectivity index (χ1) is 14.9.